The minimum absolute atomic E-state index is 0.101. The zero-order valence-corrected chi connectivity index (χ0v) is 14.2. The Morgan fingerprint density at radius 2 is 1.63 bits per heavy atom. The van der Waals surface area contributed by atoms with Crippen LogP contribution in [0.25, 0.3) is 0 Å². The molecule has 0 aliphatic rings. The molecule has 0 aromatic rings. The van der Waals surface area contributed by atoms with Crippen LogP contribution in [0.2, 0.25) is 0 Å². The van der Waals surface area contributed by atoms with Gasteiger partial charge in [0, 0.05) is 7.11 Å². The molecule has 0 aliphatic carbocycles. The number of hydrogen-bond acceptors (Lipinski definition) is 2. The van der Waals surface area contributed by atoms with Gasteiger partial charge in [-0.25, -0.2) is 0 Å². The van der Waals surface area contributed by atoms with Crippen LogP contribution >= 0.6 is 0 Å². The minimum atomic E-state index is -0.114. The van der Waals surface area contributed by atoms with Crippen LogP contribution in [0.4, 0.5) is 0 Å². The van der Waals surface area contributed by atoms with Gasteiger partial charge in [0.1, 0.15) is 0 Å². The Morgan fingerprint density at radius 3 is 2.00 bits per heavy atom. The Labute approximate surface area is 120 Å². The first-order valence-electron chi connectivity index (χ1n) is 7.36. The summed E-state index contributed by atoms with van der Waals surface area (Å²) in [6.07, 6.45) is 4.26. The number of allylic oxidation sites excluding steroid dienone is 1. The van der Waals surface area contributed by atoms with Gasteiger partial charge in [0.2, 0.25) is 0 Å². The number of methoxy groups -OCH3 is 1. The maximum Gasteiger partial charge on any atom is 0.0626 e. The summed E-state index contributed by atoms with van der Waals surface area (Å²) in [7, 11) is 1.78. The quantitative estimate of drug-likeness (QED) is 0.588. The van der Waals surface area contributed by atoms with Crippen LogP contribution < -0.4 is 0 Å². The third-order valence-corrected chi connectivity index (χ3v) is 3.51. The van der Waals surface area contributed by atoms with Crippen molar-refractivity contribution in [1.29, 1.82) is 0 Å². The van der Waals surface area contributed by atoms with Crippen molar-refractivity contribution >= 4 is 0 Å². The molecule has 0 bridgehead atoms. The highest BCUT2D eigenvalue weighted by Crippen LogP contribution is 2.29. The van der Waals surface area contributed by atoms with E-state index in [-0.39, 0.29) is 17.3 Å². The lowest BCUT2D eigenvalue weighted by molar-refractivity contribution is -0.104. The Hall–Kier alpha value is -0.340. The Morgan fingerprint density at radius 1 is 1.11 bits per heavy atom. The van der Waals surface area contributed by atoms with Gasteiger partial charge >= 0.3 is 0 Å². The first-order chi connectivity index (χ1) is 8.50. The predicted molar refractivity (Wildman–Crippen MR) is 83.5 cm³/mol. The molecular weight excluding hydrogens is 236 g/mol. The van der Waals surface area contributed by atoms with Gasteiger partial charge in [-0.05, 0) is 59.3 Å². The molecule has 0 rings (SSSR count). The molecule has 0 aliphatic heterocycles. The molecule has 19 heavy (non-hydrogen) atoms. The predicted octanol–water partition coefficient (Wildman–Crippen LogP) is 4.83. The molecule has 0 saturated carbocycles. The summed E-state index contributed by atoms with van der Waals surface area (Å²) < 4.78 is 11.8. The lowest BCUT2D eigenvalue weighted by atomic mass is 9.86. The van der Waals surface area contributed by atoms with Gasteiger partial charge in [0.25, 0.3) is 0 Å². The van der Waals surface area contributed by atoms with Crippen LogP contribution in [0, 0.1) is 11.8 Å². The van der Waals surface area contributed by atoms with E-state index < -0.39 is 0 Å². The zero-order valence-electron chi connectivity index (χ0n) is 14.2. The average Bonchev–Trinajstić information content (AvgIpc) is 2.25. The van der Waals surface area contributed by atoms with E-state index in [0.29, 0.717) is 11.8 Å². The molecule has 0 aromatic heterocycles. The summed E-state index contributed by atoms with van der Waals surface area (Å²) in [4.78, 5) is 0. The molecule has 0 heterocycles. The summed E-state index contributed by atoms with van der Waals surface area (Å²) in [6, 6.07) is 0. The molecule has 0 fully saturated rings. The molecule has 114 valence electrons. The summed E-state index contributed by atoms with van der Waals surface area (Å²) in [5.74, 6) is 0.928. The molecule has 0 saturated heterocycles. The first-order valence-corrected chi connectivity index (χ1v) is 7.36. The van der Waals surface area contributed by atoms with Crippen LogP contribution in [0.1, 0.15) is 61.3 Å². The van der Waals surface area contributed by atoms with Gasteiger partial charge in [0.15, 0.2) is 0 Å². The Kier molecular flexibility index (Phi) is 7.31. The fraction of sp³-hybridized carbons (Fsp3) is 0.882. The minimum Gasteiger partial charge on any atom is -0.379 e. The Balaban J connectivity index is 4.76. The second-order valence-corrected chi connectivity index (χ2v) is 7.36. The van der Waals surface area contributed by atoms with Crippen LogP contribution in [-0.2, 0) is 9.47 Å². The highest BCUT2D eigenvalue weighted by Gasteiger charge is 2.29. The zero-order chi connectivity index (χ0) is 15.3. The van der Waals surface area contributed by atoms with E-state index in [0.717, 1.165) is 12.8 Å². The van der Waals surface area contributed by atoms with Gasteiger partial charge in [-0.15, -0.1) is 6.58 Å². The third kappa shape index (κ3) is 8.43. The van der Waals surface area contributed by atoms with Crippen molar-refractivity contribution < 1.29 is 9.47 Å². The molecule has 0 spiro atoms. The van der Waals surface area contributed by atoms with Crippen LogP contribution in [-0.4, -0.2) is 24.4 Å². The van der Waals surface area contributed by atoms with Gasteiger partial charge in [-0.2, -0.15) is 0 Å². The van der Waals surface area contributed by atoms with E-state index in [1.807, 2.05) is 6.08 Å². The van der Waals surface area contributed by atoms with Crippen molar-refractivity contribution in [2.75, 3.05) is 7.11 Å². The fourth-order valence-electron chi connectivity index (χ4n) is 2.30. The maximum atomic E-state index is 6.26. The smallest absolute Gasteiger partial charge is 0.0626 e. The standard InChI is InChI=1S/C17H34O2/c1-10-13(2)11-15(19-16(4,5)6)14(3)12-17(7,8)18-9/h10,13-15H,1,11-12H2,2-9H3. The molecule has 3 unspecified atom stereocenters. The fourth-order valence-corrected chi connectivity index (χ4v) is 2.30. The molecule has 0 aromatic carbocycles. The number of ether oxygens (including phenoxy) is 2. The lowest BCUT2D eigenvalue weighted by Crippen LogP contribution is -2.37. The van der Waals surface area contributed by atoms with Crippen LogP contribution in [0.5, 0.6) is 0 Å². The second kappa shape index (κ2) is 7.44. The van der Waals surface area contributed by atoms with E-state index in [1.54, 1.807) is 7.11 Å². The first kappa shape index (κ1) is 18.7. The lowest BCUT2D eigenvalue weighted by Gasteiger charge is -2.36. The normalized spacial score (nSPS) is 17.9. The summed E-state index contributed by atoms with van der Waals surface area (Å²) in [5, 5.41) is 0. The molecule has 3 atom stereocenters. The molecular formula is C17H34O2. The maximum absolute atomic E-state index is 6.26. The third-order valence-electron chi connectivity index (χ3n) is 3.51. The molecule has 2 heteroatoms. The van der Waals surface area contributed by atoms with Gasteiger partial charge in [-0.3, -0.25) is 0 Å². The van der Waals surface area contributed by atoms with Crippen molar-refractivity contribution in [3.8, 4) is 0 Å². The van der Waals surface area contributed by atoms with Crippen molar-refractivity contribution in [1.82, 2.24) is 0 Å². The summed E-state index contributed by atoms with van der Waals surface area (Å²) in [5.41, 5.74) is -0.215. The highest BCUT2D eigenvalue weighted by molar-refractivity contribution is 4.84. The van der Waals surface area contributed by atoms with Crippen LogP contribution in [0.3, 0.4) is 0 Å². The second-order valence-electron chi connectivity index (χ2n) is 7.36. The molecule has 0 radical (unpaired) electrons. The average molecular weight is 270 g/mol. The van der Waals surface area contributed by atoms with Crippen molar-refractivity contribution in [2.45, 2.75) is 78.6 Å². The monoisotopic (exact) mass is 270 g/mol. The molecule has 0 N–H and O–H groups in total. The topological polar surface area (TPSA) is 18.5 Å². The van der Waals surface area contributed by atoms with E-state index in [4.69, 9.17) is 9.47 Å². The van der Waals surface area contributed by atoms with Gasteiger partial charge < -0.3 is 9.47 Å². The van der Waals surface area contributed by atoms with Crippen molar-refractivity contribution in [3.05, 3.63) is 12.7 Å². The summed E-state index contributed by atoms with van der Waals surface area (Å²) >= 11 is 0. The van der Waals surface area contributed by atoms with E-state index >= 15 is 0 Å². The SMILES string of the molecule is C=CC(C)CC(OC(C)(C)C)C(C)CC(C)(C)OC. The van der Waals surface area contributed by atoms with Gasteiger partial charge in [0.05, 0.1) is 17.3 Å². The van der Waals surface area contributed by atoms with Gasteiger partial charge in [-0.1, -0.05) is 19.9 Å². The van der Waals surface area contributed by atoms with E-state index in [2.05, 4.69) is 55.0 Å². The largest absolute Gasteiger partial charge is 0.379 e. The van der Waals surface area contributed by atoms with Crippen molar-refractivity contribution in [3.63, 3.8) is 0 Å². The summed E-state index contributed by atoms with van der Waals surface area (Å²) in [6.45, 7) is 19.0. The van der Waals surface area contributed by atoms with E-state index in [1.165, 1.54) is 0 Å². The van der Waals surface area contributed by atoms with E-state index in [9.17, 15) is 0 Å². The molecule has 2 nitrogen and oxygen atoms in total. The highest BCUT2D eigenvalue weighted by atomic mass is 16.5. The number of hydrogen-bond donors (Lipinski definition) is 0. The Bertz CT molecular complexity index is 263. The number of rotatable bonds is 8. The van der Waals surface area contributed by atoms with Crippen LogP contribution in [0.15, 0.2) is 12.7 Å². The molecule has 0 amide bonds. The van der Waals surface area contributed by atoms with Crippen molar-refractivity contribution in [2.24, 2.45) is 11.8 Å².